The van der Waals surface area contributed by atoms with Crippen molar-refractivity contribution in [2.45, 2.75) is 25.2 Å². The molecule has 1 aliphatic heterocycles. The quantitative estimate of drug-likeness (QED) is 0.762. The molecular formula is C13H14O6. The van der Waals surface area contributed by atoms with Crippen LogP contribution in [0.2, 0.25) is 0 Å². The first-order valence-corrected chi connectivity index (χ1v) is 5.76. The Morgan fingerprint density at radius 1 is 1.47 bits per heavy atom. The minimum Gasteiger partial charge on any atom is -0.469 e. The molecule has 6 nitrogen and oxygen atoms in total. The normalized spacial score (nSPS) is 16.5. The zero-order chi connectivity index (χ0) is 14.0. The number of carbonyl (C=O) groups is 2. The lowest BCUT2D eigenvalue weighted by Gasteiger charge is -2.17. The van der Waals surface area contributed by atoms with Crippen LogP contribution in [-0.4, -0.2) is 35.4 Å². The molecule has 1 heterocycles. The minimum absolute atomic E-state index is 0.218. The van der Waals surface area contributed by atoms with Crippen LogP contribution in [0, 0.1) is 0 Å². The largest absolute Gasteiger partial charge is 0.469 e. The van der Waals surface area contributed by atoms with Crippen molar-refractivity contribution in [3.63, 3.8) is 0 Å². The van der Waals surface area contributed by atoms with E-state index in [2.05, 4.69) is 4.74 Å². The molecule has 0 aromatic heterocycles. The molecule has 2 unspecified atom stereocenters. The van der Waals surface area contributed by atoms with Crippen molar-refractivity contribution in [3.8, 4) is 0 Å². The highest BCUT2D eigenvalue weighted by atomic mass is 16.5. The Hall–Kier alpha value is -1.92. The lowest BCUT2D eigenvalue weighted by Crippen LogP contribution is -2.22. The fourth-order valence-corrected chi connectivity index (χ4v) is 1.90. The number of hydrogen-bond donors (Lipinski definition) is 2. The van der Waals surface area contributed by atoms with Crippen molar-refractivity contribution >= 4 is 11.9 Å². The van der Waals surface area contributed by atoms with Gasteiger partial charge in [-0.05, 0) is 11.6 Å². The molecule has 1 aromatic carbocycles. The molecule has 6 heteroatoms. The number of benzene rings is 1. The molecule has 1 aliphatic rings. The number of hydrogen-bond acceptors (Lipinski definition) is 6. The van der Waals surface area contributed by atoms with Crippen molar-refractivity contribution in [1.29, 1.82) is 0 Å². The second-order valence-electron chi connectivity index (χ2n) is 4.29. The first kappa shape index (κ1) is 13.5. The third-order valence-corrected chi connectivity index (χ3v) is 3.02. The van der Waals surface area contributed by atoms with Crippen LogP contribution < -0.4 is 0 Å². The number of esters is 2. The lowest BCUT2D eigenvalue weighted by atomic mass is 9.98. The van der Waals surface area contributed by atoms with E-state index >= 15 is 0 Å². The van der Waals surface area contributed by atoms with Crippen molar-refractivity contribution < 1.29 is 29.3 Å². The summed E-state index contributed by atoms with van der Waals surface area (Å²) in [6.07, 6.45) is -2.88. The SMILES string of the molecule is COC(=O)CC(O)C(O)c1ccc2c(c1)C(=O)OC2. The summed E-state index contributed by atoms with van der Waals surface area (Å²) < 4.78 is 9.26. The number of fused-ring (bicyclic) bond motifs is 1. The van der Waals surface area contributed by atoms with Crippen molar-refractivity contribution in [2.24, 2.45) is 0 Å². The lowest BCUT2D eigenvalue weighted by molar-refractivity contribution is -0.144. The Morgan fingerprint density at radius 3 is 2.89 bits per heavy atom. The van der Waals surface area contributed by atoms with Crippen LogP contribution in [-0.2, 0) is 20.9 Å². The van der Waals surface area contributed by atoms with Crippen LogP contribution in [0.15, 0.2) is 18.2 Å². The highest BCUT2D eigenvalue weighted by Gasteiger charge is 2.26. The van der Waals surface area contributed by atoms with Crippen LogP contribution in [0.25, 0.3) is 0 Å². The molecule has 2 atom stereocenters. The molecule has 2 N–H and O–H groups in total. The van der Waals surface area contributed by atoms with Gasteiger partial charge in [-0.25, -0.2) is 4.79 Å². The molecule has 0 aliphatic carbocycles. The van der Waals surface area contributed by atoms with E-state index in [0.29, 0.717) is 11.1 Å². The molecule has 0 saturated heterocycles. The van der Waals surface area contributed by atoms with E-state index in [1.165, 1.54) is 13.2 Å². The van der Waals surface area contributed by atoms with Crippen molar-refractivity contribution in [2.75, 3.05) is 7.11 Å². The summed E-state index contributed by atoms with van der Waals surface area (Å²) >= 11 is 0. The Bertz CT molecular complexity index is 510. The summed E-state index contributed by atoms with van der Waals surface area (Å²) in [6, 6.07) is 4.71. The van der Waals surface area contributed by atoms with E-state index in [1.54, 1.807) is 12.1 Å². The first-order chi connectivity index (χ1) is 9.02. The van der Waals surface area contributed by atoms with E-state index < -0.39 is 24.1 Å². The molecule has 102 valence electrons. The Labute approximate surface area is 109 Å². The van der Waals surface area contributed by atoms with Gasteiger partial charge in [0.2, 0.25) is 0 Å². The van der Waals surface area contributed by atoms with Gasteiger partial charge in [0.1, 0.15) is 12.7 Å². The van der Waals surface area contributed by atoms with Crippen LogP contribution in [0.5, 0.6) is 0 Å². The molecular weight excluding hydrogens is 252 g/mol. The Balaban J connectivity index is 2.15. The molecule has 1 aromatic rings. The van der Waals surface area contributed by atoms with Gasteiger partial charge in [0, 0.05) is 5.56 Å². The van der Waals surface area contributed by atoms with Crippen LogP contribution in [0.1, 0.15) is 34.0 Å². The van der Waals surface area contributed by atoms with Gasteiger partial charge in [-0.3, -0.25) is 4.79 Å². The van der Waals surface area contributed by atoms with Crippen LogP contribution in [0.4, 0.5) is 0 Å². The average molecular weight is 266 g/mol. The third-order valence-electron chi connectivity index (χ3n) is 3.02. The zero-order valence-corrected chi connectivity index (χ0v) is 10.3. The van der Waals surface area contributed by atoms with E-state index in [1.807, 2.05) is 0 Å². The molecule has 0 amide bonds. The number of aliphatic hydroxyl groups is 2. The highest BCUT2D eigenvalue weighted by molar-refractivity contribution is 5.93. The zero-order valence-electron chi connectivity index (χ0n) is 10.3. The maximum Gasteiger partial charge on any atom is 0.338 e. The second-order valence-corrected chi connectivity index (χ2v) is 4.29. The predicted octanol–water partition coefficient (Wildman–Crippen LogP) is 0.314. The van der Waals surface area contributed by atoms with Crippen LogP contribution in [0.3, 0.4) is 0 Å². The third kappa shape index (κ3) is 2.74. The molecule has 0 saturated carbocycles. The van der Waals surface area contributed by atoms with Gasteiger partial charge in [-0.2, -0.15) is 0 Å². The van der Waals surface area contributed by atoms with E-state index in [-0.39, 0.29) is 13.0 Å². The van der Waals surface area contributed by atoms with Gasteiger partial charge in [-0.15, -0.1) is 0 Å². The minimum atomic E-state index is -1.29. The summed E-state index contributed by atoms with van der Waals surface area (Å²) in [6.45, 7) is 0.218. The fourth-order valence-electron chi connectivity index (χ4n) is 1.90. The number of aliphatic hydroxyl groups excluding tert-OH is 2. The molecule has 0 fully saturated rings. The fraction of sp³-hybridized carbons (Fsp3) is 0.385. The van der Waals surface area contributed by atoms with Gasteiger partial charge < -0.3 is 19.7 Å². The first-order valence-electron chi connectivity index (χ1n) is 5.76. The van der Waals surface area contributed by atoms with E-state index in [0.717, 1.165) is 5.56 Å². The number of rotatable bonds is 4. The topological polar surface area (TPSA) is 93.1 Å². The van der Waals surface area contributed by atoms with E-state index in [9.17, 15) is 19.8 Å². The van der Waals surface area contributed by atoms with Gasteiger partial charge in [0.15, 0.2) is 0 Å². The number of ether oxygens (including phenoxy) is 2. The molecule has 19 heavy (non-hydrogen) atoms. The summed E-state index contributed by atoms with van der Waals surface area (Å²) in [5.41, 5.74) is 1.47. The van der Waals surface area contributed by atoms with E-state index in [4.69, 9.17) is 4.74 Å². The number of carbonyl (C=O) groups excluding carboxylic acids is 2. The highest BCUT2D eigenvalue weighted by Crippen LogP contribution is 2.26. The maximum atomic E-state index is 11.4. The van der Waals surface area contributed by atoms with Gasteiger partial charge >= 0.3 is 11.9 Å². The van der Waals surface area contributed by atoms with Crippen molar-refractivity contribution in [3.05, 3.63) is 34.9 Å². The van der Waals surface area contributed by atoms with Gasteiger partial charge in [-0.1, -0.05) is 12.1 Å². The predicted molar refractivity (Wildman–Crippen MR) is 63.2 cm³/mol. The molecule has 0 radical (unpaired) electrons. The monoisotopic (exact) mass is 266 g/mol. The Kier molecular flexibility index (Phi) is 3.82. The number of methoxy groups -OCH3 is 1. The standard InChI is InChI=1S/C13H14O6/c1-18-11(15)5-10(14)12(16)7-2-3-8-6-19-13(17)9(8)4-7/h2-4,10,12,14,16H,5-6H2,1H3. The summed E-state index contributed by atoms with van der Waals surface area (Å²) in [5, 5.41) is 19.7. The van der Waals surface area contributed by atoms with Crippen molar-refractivity contribution in [1.82, 2.24) is 0 Å². The maximum absolute atomic E-state index is 11.4. The smallest absolute Gasteiger partial charge is 0.338 e. The Morgan fingerprint density at radius 2 is 2.21 bits per heavy atom. The molecule has 2 rings (SSSR count). The number of cyclic esters (lactones) is 1. The van der Waals surface area contributed by atoms with Gasteiger partial charge in [0.05, 0.1) is 25.2 Å². The van der Waals surface area contributed by atoms with Crippen LogP contribution >= 0.6 is 0 Å². The second kappa shape index (κ2) is 5.38. The molecule has 0 bridgehead atoms. The van der Waals surface area contributed by atoms with Gasteiger partial charge in [0.25, 0.3) is 0 Å². The summed E-state index contributed by atoms with van der Waals surface area (Å²) in [4.78, 5) is 22.4. The summed E-state index contributed by atoms with van der Waals surface area (Å²) in [5.74, 6) is -1.07. The average Bonchev–Trinajstić information content (AvgIpc) is 2.78. The molecule has 0 spiro atoms. The summed E-state index contributed by atoms with van der Waals surface area (Å²) in [7, 11) is 1.20.